The molecule has 5 heteroatoms. The van der Waals surface area contributed by atoms with E-state index < -0.39 is 0 Å². The molecule has 2 amide bonds. The van der Waals surface area contributed by atoms with Crippen LogP contribution in [0.2, 0.25) is 0 Å². The average molecular weight is 365 g/mol. The van der Waals surface area contributed by atoms with Crippen molar-refractivity contribution in [3.63, 3.8) is 0 Å². The van der Waals surface area contributed by atoms with Crippen LogP contribution in [0.1, 0.15) is 11.1 Å². The van der Waals surface area contributed by atoms with E-state index in [1.807, 2.05) is 24.3 Å². The molecule has 0 aromatic heterocycles. The van der Waals surface area contributed by atoms with Gasteiger partial charge in [0.1, 0.15) is 5.82 Å². The average Bonchev–Trinajstić information content (AvgIpc) is 2.49. The number of rotatable bonds is 6. The van der Waals surface area contributed by atoms with Crippen molar-refractivity contribution in [2.24, 2.45) is 0 Å². The molecule has 0 fully saturated rings. The van der Waals surface area contributed by atoms with E-state index in [1.165, 1.54) is 6.07 Å². The number of urea groups is 1. The number of carbonyl (C=O) groups is 1. The first-order valence-corrected chi connectivity index (χ1v) is 7.94. The highest BCUT2D eigenvalue weighted by Crippen LogP contribution is 2.11. The zero-order chi connectivity index (χ0) is 15.8. The van der Waals surface area contributed by atoms with E-state index in [-0.39, 0.29) is 11.8 Å². The monoisotopic (exact) mass is 364 g/mol. The fraction of sp³-hybridized carbons (Fsp3) is 0.235. The maximum absolute atomic E-state index is 13.4. The zero-order valence-electron chi connectivity index (χ0n) is 12.1. The van der Waals surface area contributed by atoms with Crippen molar-refractivity contribution < 1.29 is 9.18 Å². The number of hydrogen-bond acceptors (Lipinski definition) is 1. The van der Waals surface area contributed by atoms with E-state index in [2.05, 4.69) is 26.6 Å². The van der Waals surface area contributed by atoms with Crippen LogP contribution in [0.5, 0.6) is 0 Å². The van der Waals surface area contributed by atoms with E-state index in [4.69, 9.17) is 0 Å². The molecule has 0 saturated heterocycles. The molecule has 0 spiro atoms. The Hall–Kier alpha value is -1.88. The van der Waals surface area contributed by atoms with Crippen LogP contribution in [-0.2, 0) is 12.8 Å². The van der Waals surface area contributed by atoms with Gasteiger partial charge in [0.05, 0.1) is 0 Å². The predicted molar refractivity (Wildman–Crippen MR) is 89.4 cm³/mol. The number of halogens is 2. The topological polar surface area (TPSA) is 41.1 Å². The minimum Gasteiger partial charge on any atom is -0.338 e. The molecule has 22 heavy (non-hydrogen) atoms. The first kappa shape index (κ1) is 16.5. The minimum absolute atomic E-state index is 0.230. The number of hydrogen-bond donors (Lipinski definition) is 2. The SMILES string of the molecule is O=C(NCCc1cccc(Br)c1)NCCc1ccccc1F. The van der Waals surface area contributed by atoms with Gasteiger partial charge in [0.15, 0.2) is 0 Å². The molecule has 2 N–H and O–H groups in total. The lowest BCUT2D eigenvalue weighted by Gasteiger charge is -2.08. The summed E-state index contributed by atoms with van der Waals surface area (Å²) >= 11 is 3.41. The van der Waals surface area contributed by atoms with Crippen LogP contribution in [0.3, 0.4) is 0 Å². The van der Waals surface area contributed by atoms with Crippen LogP contribution in [0.25, 0.3) is 0 Å². The summed E-state index contributed by atoms with van der Waals surface area (Å²) in [5.74, 6) is -0.237. The van der Waals surface area contributed by atoms with Crippen LogP contribution in [0.4, 0.5) is 9.18 Å². The van der Waals surface area contributed by atoms with Gasteiger partial charge in [-0.05, 0) is 42.2 Å². The summed E-state index contributed by atoms with van der Waals surface area (Å²) in [6, 6.07) is 14.3. The molecule has 0 aliphatic rings. The van der Waals surface area contributed by atoms with Crippen molar-refractivity contribution >= 4 is 22.0 Å². The Kier molecular flexibility index (Phi) is 6.40. The van der Waals surface area contributed by atoms with Gasteiger partial charge in [0.2, 0.25) is 0 Å². The molecule has 0 radical (unpaired) electrons. The largest absolute Gasteiger partial charge is 0.338 e. The fourth-order valence-corrected chi connectivity index (χ4v) is 2.53. The number of nitrogens with one attached hydrogen (secondary N) is 2. The molecular weight excluding hydrogens is 347 g/mol. The molecule has 0 aliphatic heterocycles. The van der Waals surface area contributed by atoms with Crippen LogP contribution < -0.4 is 10.6 Å². The van der Waals surface area contributed by atoms with Crippen LogP contribution >= 0.6 is 15.9 Å². The first-order chi connectivity index (χ1) is 10.6. The summed E-state index contributed by atoms with van der Waals surface area (Å²) < 4.78 is 14.4. The molecule has 0 unspecified atom stereocenters. The Balaban J connectivity index is 1.65. The van der Waals surface area contributed by atoms with Gasteiger partial charge in [-0.15, -0.1) is 0 Å². The normalized spacial score (nSPS) is 10.3. The second-order valence-corrected chi connectivity index (χ2v) is 5.82. The van der Waals surface area contributed by atoms with Crippen molar-refractivity contribution in [2.75, 3.05) is 13.1 Å². The highest BCUT2D eigenvalue weighted by Gasteiger charge is 2.03. The second-order valence-electron chi connectivity index (χ2n) is 4.90. The number of benzene rings is 2. The number of carbonyl (C=O) groups excluding carboxylic acids is 1. The summed E-state index contributed by atoms with van der Waals surface area (Å²) in [6.45, 7) is 0.964. The van der Waals surface area contributed by atoms with Gasteiger partial charge in [-0.25, -0.2) is 9.18 Å². The number of amides is 2. The Bertz CT molecular complexity index is 634. The Morgan fingerprint density at radius 3 is 2.45 bits per heavy atom. The lowest BCUT2D eigenvalue weighted by molar-refractivity contribution is 0.241. The van der Waals surface area contributed by atoms with Crippen LogP contribution in [0, 0.1) is 5.82 Å². The van der Waals surface area contributed by atoms with Crippen molar-refractivity contribution in [2.45, 2.75) is 12.8 Å². The summed E-state index contributed by atoms with van der Waals surface area (Å²) in [5.41, 5.74) is 1.76. The Morgan fingerprint density at radius 1 is 1.00 bits per heavy atom. The molecule has 2 aromatic carbocycles. The van der Waals surface area contributed by atoms with E-state index in [0.29, 0.717) is 25.1 Å². The Morgan fingerprint density at radius 2 is 1.73 bits per heavy atom. The lowest BCUT2D eigenvalue weighted by atomic mass is 10.1. The molecule has 0 aliphatic carbocycles. The first-order valence-electron chi connectivity index (χ1n) is 7.15. The lowest BCUT2D eigenvalue weighted by Crippen LogP contribution is -2.37. The van der Waals surface area contributed by atoms with Gasteiger partial charge < -0.3 is 10.6 Å². The van der Waals surface area contributed by atoms with Crippen molar-refractivity contribution in [3.05, 3.63) is 69.9 Å². The second kappa shape index (κ2) is 8.54. The molecular formula is C17H18BrFN2O. The van der Waals surface area contributed by atoms with Gasteiger partial charge in [-0.2, -0.15) is 0 Å². The molecule has 0 atom stereocenters. The van der Waals surface area contributed by atoms with Crippen LogP contribution in [0.15, 0.2) is 53.0 Å². The molecule has 0 saturated carbocycles. The molecule has 0 heterocycles. The maximum atomic E-state index is 13.4. The molecule has 2 aromatic rings. The summed E-state index contributed by atoms with van der Waals surface area (Å²) in [6.07, 6.45) is 1.24. The molecule has 0 bridgehead atoms. The van der Waals surface area contributed by atoms with Gasteiger partial charge in [0.25, 0.3) is 0 Å². The van der Waals surface area contributed by atoms with Gasteiger partial charge in [-0.1, -0.05) is 46.3 Å². The van der Waals surface area contributed by atoms with Crippen molar-refractivity contribution in [1.29, 1.82) is 0 Å². The smallest absolute Gasteiger partial charge is 0.314 e. The van der Waals surface area contributed by atoms with Crippen molar-refractivity contribution in [1.82, 2.24) is 10.6 Å². The van der Waals surface area contributed by atoms with Gasteiger partial charge in [-0.3, -0.25) is 0 Å². The third kappa shape index (κ3) is 5.48. The zero-order valence-corrected chi connectivity index (χ0v) is 13.7. The minimum atomic E-state index is -0.237. The van der Waals surface area contributed by atoms with E-state index in [0.717, 1.165) is 16.5 Å². The summed E-state index contributed by atoms with van der Waals surface area (Å²) in [4.78, 5) is 11.7. The molecule has 3 nitrogen and oxygen atoms in total. The predicted octanol–water partition coefficient (Wildman–Crippen LogP) is 3.67. The highest BCUT2D eigenvalue weighted by molar-refractivity contribution is 9.10. The standard InChI is InChI=1S/C17H18BrFN2O/c18-15-6-3-4-13(12-15)8-10-20-17(22)21-11-9-14-5-1-2-7-16(14)19/h1-7,12H,8-11H2,(H2,20,21,22). The third-order valence-corrected chi connectivity index (χ3v) is 3.72. The fourth-order valence-electron chi connectivity index (χ4n) is 2.09. The van der Waals surface area contributed by atoms with Gasteiger partial charge in [0, 0.05) is 17.6 Å². The maximum Gasteiger partial charge on any atom is 0.314 e. The van der Waals surface area contributed by atoms with E-state index in [9.17, 15) is 9.18 Å². The summed E-state index contributed by atoms with van der Waals surface area (Å²) in [7, 11) is 0. The van der Waals surface area contributed by atoms with Crippen LogP contribution in [-0.4, -0.2) is 19.1 Å². The van der Waals surface area contributed by atoms with Crippen molar-refractivity contribution in [3.8, 4) is 0 Å². The quantitative estimate of drug-likeness (QED) is 0.806. The Labute approximate surface area is 138 Å². The molecule has 116 valence electrons. The summed E-state index contributed by atoms with van der Waals surface area (Å²) in [5, 5.41) is 5.52. The van der Waals surface area contributed by atoms with E-state index >= 15 is 0 Å². The van der Waals surface area contributed by atoms with E-state index in [1.54, 1.807) is 18.2 Å². The molecule has 2 rings (SSSR count). The van der Waals surface area contributed by atoms with Gasteiger partial charge >= 0.3 is 6.03 Å². The highest BCUT2D eigenvalue weighted by atomic mass is 79.9. The third-order valence-electron chi connectivity index (χ3n) is 3.23.